The fourth-order valence-corrected chi connectivity index (χ4v) is 3.99. The van der Waals surface area contributed by atoms with Crippen molar-refractivity contribution in [2.45, 2.75) is 32.7 Å². The third-order valence-electron chi connectivity index (χ3n) is 3.55. The van der Waals surface area contributed by atoms with E-state index < -0.39 is 24.5 Å². The van der Waals surface area contributed by atoms with Crippen LogP contribution >= 0.6 is 23.1 Å². The van der Waals surface area contributed by atoms with Crippen LogP contribution in [-0.2, 0) is 14.3 Å². The molecule has 0 bridgehead atoms. The maximum Gasteiger partial charge on any atom is 0.321 e. The Balaban J connectivity index is 1.80. The Bertz CT molecular complexity index is 851. The molecule has 8 nitrogen and oxygen atoms in total. The van der Waals surface area contributed by atoms with Gasteiger partial charge in [-0.2, -0.15) is 0 Å². The van der Waals surface area contributed by atoms with Crippen molar-refractivity contribution in [1.82, 2.24) is 20.6 Å². The standard InChI is InChI=1S/C17H22N4O4S2/c1-9(2)5-18-17(24)21-12(22)6-25-13(23)7-26-15-14-10(3)11(4)27-16(14)20-8-19-15/h8-9H,5-7H2,1-4H3,(H2,18,21,22,24). The van der Waals surface area contributed by atoms with Gasteiger partial charge in [0.2, 0.25) is 0 Å². The van der Waals surface area contributed by atoms with Crippen LogP contribution in [0.15, 0.2) is 11.4 Å². The number of carbonyl (C=O) groups is 3. The van der Waals surface area contributed by atoms with Crippen LogP contribution in [0.25, 0.3) is 10.2 Å². The summed E-state index contributed by atoms with van der Waals surface area (Å²) in [6.07, 6.45) is 1.47. The van der Waals surface area contributed by atoms with Gasteiger partial charge in [-0.3, -0.25) is 14.9 Å². The molecule has 0 saturated carbocycles. The molecule has 2 N–H and O–H groups in total. The Kier molecular flexibility index (Phi) is 7.55. The summed E-state index contributed by atoms with van der Waals surface area (Å²) in [7, 11) is 0. The number of hydrogen-bond acceptors (Lipinski definition) is 8. The van der Waals surface area contributed by atoms with E-state index in [1.807, 2.05) is 27.7 Å². The van der Waals surface area contributed by atoms with E-state index in [2.05, 4.69) is 20.6 Å². The maximum absolute atomic E-state index is 11.9. The van der Waals surface area contributed by atoms with E-state index in [1.54, 1.807) is 11.3 Å². The lowest BCUT2D eigenvalue weighted by molar-refractivity contribution is -0.145. The van der Waals surface area contributed by atoms with Gasteiger partial charge in [0.25, 0.3) is 5.91 Å². The molecule has 2 rings (SSSR count). The minimum Gasteiger partial charge on any atom is -0.455 e. The fraction of sp³-hybridized carbons (Fsp3) is 0.471. The van der Waals surface area contributed by atoms with Crippen molar-refractivity contribution in [2.75, 3.05) is 18.9 Å². The second-order valence-electron chi connectivity index (χ2n) is 6.24. The fourth-order valence-electron chi connectivity index (χ4n) is 2.08. The molecule has 2 heterocycles. The molecule has 0 fully saturated rings. The number of nitrogens with zero attached hydrogens (tertiary/aromatic N) is 2. The number of rotatable bonds is 7. The third kappa shape index (κ3) is 6.17. The number of esters is 1. The van der Waals surface area contributed by atoms with Crippen LogP contribution in [0.3, 0.4) is 0 Å². The highest BCUT2D eigenvalue weighted by atomic mass is 32.2. The Morgan fingerprint density at radius 1 is 1.26 bits per heavy atom. The van der Waals surface area contributed by atoms with E-state index in [1.165, 1.54) is 18.1 Å². The zero-order valence-corrected chi connectivity index (χ0v) is 17.3. The Hall–Kier alpha value is -2.20. The van der Waals surface area contributed by atoms with Crippen LogP contribution in [0, 0.1) is 19.8 Å². The lowest BCUT2D eigenvalue weighted by atomic mass is 10.2. The van der Waals surface area contributed by atoms with E-state index >= 15 is 0 Å². The molecule has 0 unspecified atom stereocenters. The van der Waals surface area contributed by atoms with Crippen LogP contribution < -0.4 is 10.6 Å². The SMILES string of the molecule is Cc1sc2ncnc(SCC(=O)OCC(=O)NC(=O)NCC(C)C)c2c1C. The van der Waals surface area contributed by atoms with E-state index in [9.17, 15) is 14.4 Å². The number of imide groups is 1. The van der Waals surface area contributed by atoms with Crippen LogP contribution in [0.4, 0.5) is 4.79 Å². The predicted octanol–water partition coefficient (Wildman–Crippen LogP) is 2.43. The zero-order chi connectivity index (χ0) is 20.0. The molecule has 2 aromatic rings. The molecule has 2 aromatic heterocycles. The number of thioether (sulfide) groups is 1. The third-order valence-corrected chi connectivity index (χ3v) is 5.62. The van der Waals surface area contributed by atoms with Gasteiger partial charge in [0.15, 0.2) is 6.61 Å². The highest BCUT2D eigenvalue weighted by Gasteiger charge is 2.15. The quantitative estimate of drug-likeness (QED) is 0.410. The topological polar surface area (TPSA) is 110 Å². The Morgan fingerprint density at radius 3 is 2.70 bits per heavy atom. The molecule has 0 aliphatic carbocycles. The van der Waals surface area contributed by atoms with E-state index in [0.29, 0.717) is 11.6 Å². The number of amides is 3. The number of aromatic nitrogens is 2. The monoisotopic (exact) mass is 410 g/mol. The Morgan fingerprint density at radius 2 is 2.00 bits per heavy atom. The summed E-state index contributed by atoms with van der Waals surface area (Å²) in [6.45, 7) is 7.82. The van der Waals surface area contributed by atoms with Crippen molar-refractivity contribution in [3.63, 3.8) is 0 Å². The van der Waals surface area contributed by atoms with Gasteiger partial charge >= 0.3 is 12.0 Å². The number of ether oxygens (including phenoxy) is 1. The molecule has 0 radical (unpaired) electrons. The first kappa shape index (κ1) is 21.1. The van der Waals surface area contributed by atoms with Gasteiger partial charge in [0.1, 0.15) is 16.2 Å². The molecule has 0 aliphatic heterocycles. The van der Waals surface area contributed by atoms with E-state index in [-0.39, 0.29) is 11.7 Å². The highest BCUT2D eigenvalue weighted by Crippen LogP contribution is 2.34. The summed E-state index contributed by atoms with van der Waals surface area (Å²) >= 11 is 2.81. The molecule has 0 atom stereocenters. The van der Waals surface area contributed by atoms with Crippen molar-refractivity contribution < 1.29 is 19.1 Å². The van der Waals surface area contributed by atoms with Crippen LogP contribution in [0.5, 0.6) is 0 Å². The molecular formula is C17H22N4O4S2. The van der Waals surface area contributed by atoms with Gasteiger partial charge in [-0.15, -0.1) is 11.3 Å². The number of urea groups is 1. The van der Waals surface area contributed by atoms with Gasteiger partial charge in [-0.1, -0.05) is 25.6 Å². The minimum atomic E-state index is -0.677. The predicted molar refractivity (Wildman–Crippen MR) is 105 cm³/mol. The summed E-state index contributed by atoms with van der Waals surface area (Å²) in [5, 5.41) is 6.30. The summed E-state index contributed by atoms with van der Waals surface area (Å²) in [4.78, 5) is 45.5. The van der Waals surface area contributed by atoms with Crippen molar-refractivity contribution in [1.29, 1.82) is 0 Å². The summed E-state index contributed by atoms with van der Waals surface area (Å²) < 4.78 is 4.91. The summed E-state index contributed by atoms with van der Waals surface area (Å²) in [6, 6.07) is -0.606. The van der Waals surface area contributed by atoms with Crippen molar-refractivity contribution in [2.24, 2.45) is 5.92 Å². The molecular weight excluding hydrogens is 388 g/mol. The normalized spacial score (nSPS) is 10.9. The number of carbonyl (C=O) groups excluding carboxylic acids is 3. The number of nitrogens with one attached hydrogen (secondary N) is 2. The first-order chi connectivity index (χ1) is 12.8. The highest BCUT2D eigenvalue weighted by molar-refractivity contribution is 8.00. The minimum absolute atomic E-state index is 0.00722. The van der Waals surface area contributed by atoms with Gasteiger partial charge in [0, 0.05) is 16.8 Å². The first-order valence-electron chi connectivity index (χ1n) is 8.34. The second-order valence-corrected chi connectivity index (χ2v) is 8.41. The average molecular weight is 411 g/mol. The van der Waals surface area contributed by atoms with Gasteiger partial charge < -0.3 is 10.1 Å². The number of aryl methyl sites for hydroxylation is 2. The van der Waals surface area contributed by atoms with Crippen molar-refractivity contribution >= 4 is 51.2 Å². The largest absolute Gasteiger partial charge is 0.455 e. The van der Waals surface area contributed by atoms with Crippen LogP contribution in [-0.4, -0.2) is 46.8 Å². The summed E-state index contributed by atoms with van der Waals surface area (Å²) in [5.41, 5.74) is 1.10. The molecule has 10 heteroatoms. The Labute approximate surface area is 165 Å². The molecule has 0 aromatic carbocycles. The number of thiophene rings is 1. The second kappa shape index (κ2) is 9.65. The van der Waals surface area contributed by atoms with Gasteiger partial charge in [-0.25, -0.2) is 14.8 Å². The smallest absolute Gasteiger partial charge is 0.321 e. The molecule has 0 spiro atoms. The van der Waals surface area contributed by atoms with Gasteiger partial charge in [-0.05, 0) is 25.3 Å². The lowest BCUT2D eigenvalue weighted by Gasteiger charge is -2.09. The molecule has 3 amide bonds. The molecule has 0 saturated heterocycles. The van der Waals surface area contributed by atoms with Crippen LogP contribution in [0.2, 0.25) is 0 Å². The number of hydrogen-bond donors (Lipinski definition) is 2. The number of fused-ring (bicyclic) bond motifs is 1. The molecule has 0 aliphatic rings. The first-order valence-corrected chi connectivity index (χ1v) is 10.1. The van der Waals surface area contributed by atoms with E-state index in [0.717, 1.165) is 20.7 Å². The average Bonchev–Trinajstić information content (AvgIpc) is 2.91. The van der Waals surface area contributed by atoms with Crippen LogP contribution in [0.1, 0.15) is 24.3 Å². The van der Waals surface area contributed by atoms with Crippen molar-refractivity contribution in [3.05, 3.63) is 16.8 Å². The van der Waals surface area contributed by atoms with Crippen molar-refractivity contribution in [3.8, 4) is 0 Å². The lowest BCUT2D eigenvalue weighted by Crippen LogP contribution is -2.42. The molecule has 27 heavy (non-hydrogen) atoms. The summed E-state index contributed by atoms with van der Waals surface area (Å²) in [5.74, 6) is -0.963. The van der Waals surface area contributed by atoms with E-state index in [4.69, 9.17) is 4.74 Å². The maximum atomic E-state index is 11.9. The molecule has 146 valence electrons. The van der Waals surface area contributed by atoms with Gasteiger partial charge in [0.05, 0.1) is 5.75 Å². The zero-order valence-electron chi connectivity index (χ0n) is 15.6.